The third kappa shape index (κ3) is 6.37. The summed E-state index contributed by atoms with van der Waals surface area (Å²) in [5, 5.41) is 24.0. The number of carbonyl (C=O) groups excluding carboxylic acids is 2. The van der Waals surface area contributed by atoms with E-state index >= 15 is 0 Å². The number of nitrogens with one attached hydrogen (secondary N) is 2. The molecule has 8 nitrogen and oxygen atoms in total. The first-order valence-corrected chi connectivity index (χ1v) is 16.1. The molecule has 2 N–H and O–H groups in total. The van der Waals surface area contributed by atoms with Crippen LogP contribution in [0, 0.1) is 22.7 Å². The molecular formula is C24H18N4O4S5. The molecule has 2 aromatic rings. The number of hydrogen-bond donors (Lipinski definition) is 2. The molecule has 2 aliphatic heterocycles. The Morgan fingerprint density at radius 1 is 0.649 bits per heavy atom. The number of thioether (sulfide) groups is 4. The minimum atomic E-state index is -3.86. The summed E-state index contributed by atoms with van der Waals surface area (Å²) in [6, 6.07) is 15.2. The van der Waals surface area contributed by atoms with Crippen LogP contribution in [0.15, 0.2) is 77.9 Å². The van der Waals surface area contributed by atoms with Gasteiger partial charge in [-0.1, -0.05) is 0 Å². The molecule has 2 amide bonds. The van der Waals surface area contributed by atoms with Gasteiger partial charge in [-0.15, -0.1) is 47.0 Å². The van der Waals surface area contributed by atoms with Gasteiger partial charge in [0.05, 0.1) is 18.3 Å². The van der Waals surface area contributed by atoms with E-state index in [1.54, 1.807) is 0 Å². The van der Waals surface area contributed by atoms with Crippen molar-refractivity contribution in [3.63, 3.8) is 0 Å². The molecule has 2 aliphatic rings. The highest BCUT2D eigenvalue weighted by Crippen LogP contribution is 2.39. The van der Waals surface area contributed by atoms with E-state index in [0.717, 1.165) is 23.0 Å². The van der Waals surface area contributed by atoms with Gasteiger partial charge >= 0.3 is 0 Å². The number of carbonyl (C=O) groups is 2. The van der Waals surface area contributed by atoms with E-state index in [0.29, 0.717) is 19.8 Å². The smallest absolute Gasteiger partial charge is 0.268 e. The lowest BCUT2D eigenvalue weighted by atomic mass is 10.2. The largest absolute Gasteiger partial charge is 0.321 e. The summed E-state index contributed by atoms with van der Waals surface area (Å²) in [6.07, 6.45) is 0. The van der Waals surface area contributed by atoms with Gasteiger partial charge in [0, 0.05) is 34.4 Å². The summed E-state index contributed by atoms with van der Waals surface area (Å²) >= 11 is 5.87. The Bertz CT molecular complexity index is 1360. The lowest BCUT2D eigenvalue weighted by molar-refractivity contribution is -0.113. The summed E-state index contributed by atoms with van der Waals surface area (Å²) < 4.78 is 27.5. The third-order valence-corrected chi connectivity index (χ3v) is 12.2. The van der Waals surface area contributed by atoms with Crippen LogP contribution < -0.4 is 10.6 Å². The standard InChI is InChI=1S/C24H18N4O4S5/c25-13-19(23-33-9-10-34-23)21(29)27-15-1-5-17(6-2-15)37(31,32)18-7-3-16(4-8-18)28-22(30)20(14-26)24-35-11-12-36-24/h1-8H,9-12H2,(H,27,29)(H,28,30). The summed E-state index contributed by atoms with van der Waals surface area (Å²) in [6.45, 7) is 0. The Morgan fingerprint density at radius 3 is 1.27 bits per heavy atom. The normalized spacial score (nSPS) is 15.0. The van der Waals surface area contributed by atoms with E-state index < -0.39 is 21.7 Å². The Hall–Kier alpha value is -2.81. The van der Waals surface area contributed by atoms with Gasteiger partial charge in [-0.05, 0) is 48.5 Å². The number of benzene rings is 2. The minimum absolute atomic E-state index is 0.0230. The van der Waals surface area contributed by atoms with Gasteiger partial charge in [0.15, 0.2) is 0 Å². The van der Waals surface area contributed by atoms with Crippen molar-refractivity contribution < 1.29 is 18.0 Å². The van der Waals surface area contributed by atoms with Gasteiger partial charge in [-0.3, -0.25) is 9.59 Å². The molecule has 0 saturated carbocycles. The molecule has 2 fully saturated rings. The Labute approximate surface area is 231 Å². The number of nitrogens with zero attached hydrogens (tertiary/aromatic N) is 2. The Kier molecular flexibility index (Phi) is 8.95. The molecule has 2 aromatic carbocycles. The van der Waals surface area contributed by atoms with Crippen molar-refractivity contribution in [3.05, 3.63) is 68.2 Å². The zero-order valence-electron chi connectivity index (χ0n) is 19.0. The van der Waals surface area contributed by atoms with E-state index in [1.165, 1.54) is 95.6 Å². The van der Waals surface area contributed by atoms with Crippen molar-refractivity contribution in [2.75, 3.05) is 33.6 Å². The van der Waals surface area contributed by atoms with Crippen molar-refractivity contribution in [2.45, 2.75) is 9.79 Å². The molecule has 188 valence electrons. The van der Waals surface area contributed by atoms with Gasteiger partial charge in [0.2, 0.25) is 9.84 Å². The quantitative estimate of drug-likeness (QED) is 0.357. The molecule has 0 unspecified atom stereocenters. The number of sulfone groups is 1. The van der Waals surface area contributed by atoms with Crippen LogP contribution in [0.1, 0.15) is 0 Å². The van der Waals surface area contributed by atoms with E-state index in [1.807, 2.05) is 12.1 Å². The third-order valence-electron chi connectivity index (χ3n) is 5.03. The lowest BCUT2D eigenvalue weighted by Gasteiger charge is -2.09. The summed E-state index contributed by atoms with van der Waals surface area (Å²) in [4.78, 5) is 25.0. The SMILES string of the molecule is N#CC(C(=O)Nc1ccc(S(=O)(=O)c2ccc(NC(=O)C(C#N)=C3SCCS3)cc2)cc1)=C1SCCS1. The van der Waals surface area contributed by atoms with Crippen LogP contribution in [0.5, 0.6) is 0 Å². The topological polar surface area (TPSA) is 140 Å². The average Bonchev–Trinajstić information content (AvgIpc) is 3.61. The van der Waals surface area contributed by atoms with Gasteiger partial charge in [-0.2, -0.15) is 10.5 Å². The monoisotopic (exact) mass is 586 g/mol. The molecule has 0 aliphatic carbocycles. The fraction of sp³-hybridized carbons (Fsp3) is 0.167. The van der Waals surface area contributed by atoms with E-state index in [9.17, 15) is 28.5 Å². The zero-order chi connectivity index (χ0) is 26.4. The fourth-order valence-corrected chi connectivity index (χ4v) is 9.38. The molecule has 0 spiro atoms. The second-order valence-electron chi connectivity index (χ2n) is 7.40. The molecule has 4 rings (SSSR count). The maximum absolute atomic E-state index is 13.1. The van der Waals surface area contributed by atoms with Crippen molar-refractivity contribution in [2.24, 2.45) is 0 Å². The molecule has 0 radical (unpaired) electrons. The summed E-state index contributed by atoms with van der Waals surface area (Å²) in [5.74, 6) is 2.30. The van der Waals surface area contributed by atoms with Crippen LogP contribution in [0.2, 0.25) is 0 Å². The number of anilines is 2. The van der Waals surface area contributed by atoms with Crippen molar-refractivity contribution >= 4 is 80.1 Å². The van der Waals surface area contributed by atoms with Crippen LogP contribution >= 0.6 is 47.0 Å². The van der Waals surface area contributed by atoms with E-state index in [4.69, 9.17) is 0 Å². The second kappa shape index (κ2) is 12.2. The van der Waals surface area contributed by atoms with Crippen molar-refractivity contribution in [1.82, 2.24) is 0 Å². The predicted octanol–water partition coefficient (Wildman–Crippen LogP) is 4.83. The highest BCUT2D eigenvalue weighted by Gasteiger charge is 2.23. The van der Waals surface area contributed by atoms with E-state index in [2.05, 4.69) is 10.6 Å². The molecule has 0 aromatic heterocycles. The summed E-state index contributed by atoms with van der Waals surface area (Å²) in [7, 11) is -3.86. The van der Waals surface area contributed by atoms with Crippen LogP contribution in [0.25, 0.3) is 0 Å². The number of rotatable bonds is 6. The number of hydrogen-bond acceptors (Lipinski definition) is 10. The van der Waals surface area contributed by atoms with Crippen LogP contribution in [0.3, 0.4) is 0 Å². The van der Waals surface area contributed by atoms with Crippen molar-refractivity contribution in [3.8, 4) is 12.1 Å². The summed E-state index contributed by atoms with van der Waals surface area (Å²) in [5.41, 5.74) is 0.833. The molecule has 37 heavy (non-hydrogen) atoms. The maximum Gasteiger partial charge on any atom is 0.268 e. The van der Waals surface area contributed by atoms with E-state index in [-0.39, 0.29) is 20.9 Å². The van der Waals surface area contributed by atoms with Crippen LogP contribution in [-0.4, -0.2) is 43.2 Å². The first-order chi connectivity index (χ1) is 17.8. The van der Waals surface area contributed by atoms with Crippen LogP contribution in [0.4, 0.5) is 11.4 Å². The minimum Gasteiger partial charge on any atom is -0.321 e. The van der Waals surface area contributed by atoms with Gasteiger partial charge in [-0.25, -0.2) is 8.42 Å². The molecule has 2 heterocycles. The lowest BCUT2D eigenvalue weighted by Crippen LogP contribution is -2.14. The molecule has 13 heteroatoms. The van der Waals surface area contributed by atoms with Gasteiger partial charge in [0.25, 0.3) is 11.8 Å². The molecule has 2 saturated heterocycles. The van der Waals surface area contributed by atoms with Gasteiger partial charge < -0.3 is 10.6 Å². The van der Waals surface area contributed by atoms with Crippen molar-refractivity contribution in [1.29, 1.82) is 10.5 Å². The molecule has 0 bridgehead atoms. The Balaban J connectivity index is 1.45. The highest BCUT2D eigenvalue weighted by atomic mass is 32.2. The van der Waals surface area contributed by atoms with Gasteiger partial charge in [0.1, 0.15) is 23.3 Å². The zero-order valence-corrected chi connectivity index (χ0v) is 23.1. The molecular weight excluding hydrogens is 569 g/mol. The molecule has 0 atom stereocenters. The second-order valence-corrected chi connectivity index (χ2v) is 14.3. The highest BCUT2D eigenvalue weighted by molar-refractivity contribution is 8.25. The predicted molar refractivity (Wildman–Crippen MR) is 151 cm³/mol. The van der Waals surface area contributed by atoms with Crippen LogP contribution in [-0.2, 0) is 19.4 Å². The average molecular weight is 587 g/mol. The fourth-order valence-electron chi connectivity index (χ4n) is 3.25. The number of amides is 2. The first kappa shape index (κ1) is 27.2. The Morgan fingerprint density at radius 2 is 0.973 bits per heavy atom. The maximum atomic E-state index is 13.1. The first-order valence-electron chi connectivity index (χ1n) is 10.7. The number of nitriles is 2.